The fourth-order valence-electron chi connectivity index (χ4n) is 1.50. The van der Waals surface area contributed by atoms with Crippen LogP contribution in [0.2, 0.25) is 0 Å². The van der Waals surface area contributed by atoms with Crippen molar-refractivity contribution in [2.75, 3.05) is 13.2 Å². The minimum Gasteiger partial charge on any atom is -0.387 e. The largest absolute Gasteiger partial charge is 0.469 e. The second kappa shape index (κ2) is 7.09. The third-order valence-electron chi connectivity index (χ3n) is 2.40. The van der Waals surface area contributed by atoms with Gasteiger partial charge in [0.1, 0.15) is 24.1 Å². The first-order valence-corrected chi connectivity index (χ1v) is 6.98. The van der Waals surface area contributed by atoms with Crippen LogP contribution in [-0.4, -0.2) is 69.9 Å². The highest BCUT2D eigenvalue weighted by Crippen LogP contribution is 2.37. The Labute approximate surface area is 113 Å². The lowest BCUT2D eigenvalue weighted by Gasteiger charge is -2.14. The Bertz CT molecular complexity index is 413. The van der Waals surface area contributed by atoms with E-state index in [0.29, 0.717) is 6.41 Å². The van der Waals surface area contributed by atoms with E-state index in [9.17, 15) is 19.6 Å². The topological polar surface area (TPSA) is 184 Å². The summed E-state index contributed by atoms with van der Waals surface area (Å²) in [7, 11) is -4.71. The standard InChI is InChI=1S/C8H16N3O8P/c9-5(1-10-3-12)11-8-7(14)6(13)4(19-8)2-18-20(15,16)17/h3-4,6-8,13-14H,1-2H2,(H2,9,11)(H,10,12)(H2,15,16,17)/t4-,6-,7-,8-/m1/s1. The molecule has 0 bridgehead atoms. The van der Waals surface area contributed by atoms with Crippen molar-refractivity contribution >= 4 is 20.1 Å². The Morgan fingerprint density at radius 3 is 2.65 bits per heavy atom. The average molecular weight is 313 g/mol. The fraction of sp³-hybridized carbons (Fsp3) is 0.750. The molecule has 0 aromatic rings. The van der Waals surface area contributed by atoms with Gasteiger partial charge in [-0.25, -0.2) is 9.56 Å². The van der Waals surface area contributed by atoms with Crippen LogP contribution < -0.4 is 11.1 Å². The molecule has 0 radical (unpaired) electrons. The maximum absolute atomic E-state index is 10.5. The van der Waals surface area contributed by atoms with Gasteiger partial charge in [-0.3, -0.25) is 9.32 Å². The van der Waals surface area contributed by atoms with Crippen molar-refractivity contribution < 1.29 is 38.6 Å². The first-order chi connectivity index (χ1) is 9.24. The smallest absolute Gasteiger partial charge is 0.387 e. The Balaban J connectivity index is 2.59. The summed E-state index contributed by atoms with van der Waals surface area (Å²) in [5, 5.41) is 21.5. The van der Waals surface area contributed by atoms with E-state index in [1.165, 1.54) is 0 Å². The molecule has 0 aromatic carbocycles. The van der Waals surface area contributed by atoms with E-state index in [0.717, 1.165) is 0 Å². The Kier molecular flexibility index (Phi) is 6.02. The van der Waals surface area contributed by atoms with Crippen molar-refractivity contribution in [3.63, 3.8) is 0 Å². The molecule has 12 heteroatoms. The van der Waals surface area contributed by atoms with Gasteiger partial charge in [0.05, 0.1) is 13.2 Å². The normalized spacial score (nSPS) is 31.3. The zero-order valence-corrected chi connectivity index (χ0v) is 11.1. The number of nitrogens with one attached hydrogen (secondary N) is 1. The third-order valence-corrected chi connectivity index (χ3v) is 2.89. The van der Waals surface area contributed by atoms with Crippen LogP contribution in [0.5, 0.6) is 0 Å². The van der Waals surface area contributed by atoms with E-state index in [-0.39, 0.29) is 12.4 Å². The predicted octanol–water partition coefficient (Wildman–Crippen LogP) is -3.35. The zero-order valence-electron chi connectivity index (χ0n) is 10.2. The Morgan fingerprint density at radius 2 is 2.10 bits per heavy atom. The maximum Gasteiger partial charge on any atom is 0.469 e. The molecule has 20 heavy (non-hydrogen) atoms. The van der Waals surface area contributed by atoms with Crippen molar-refractivity contribution in [3.05, 3.63) is 0 Å². The van der Waals surface area contributed by atoms with Gasteiger partial charge in [-0.15, -0.1) is 0 Å². The maximum atomic E-state index is 10.5. The number of carbonyl (C=O) groups excluding carboxylic acids is 1. The quantitative estimate of drug-likeness (QED) is 0.121. The lowest BCUT2D eigenvalue weighted by atomic mass is 10.1. The highest BCUT2D eigenvalue weighted by atomic mass is 31.2. The van der Waals surface area contributed by atoms with Gasteiger partial charge >= 0.3 is 7.82 Å². The van der Waals surface area contributed by atoms with Crippen molar-refractivity contribution in [1.82, 2.24) is 5.32 Å². The summed E-state index contributed by atoms with van der Waals surface area (Å²) in [6.45, 7) is -0.698. The van der Waals surface area contributed by atoms with Crippen LogP contribution >= 0.6 is 7.82 Å². The Hall–Kier alpha value is -1.07. The van der Waals surface area contributed by atoms with Crippen molar-refractivity contribution in [1.29, 1.82) is 0 Å². The SMILES string of the molecule is N/C(CNC=O)=N/[C@@H]1O[C@H](COP(=O)(O)O)[C@@H](O)[C@H]1O. The van der Waals surface area contributed by atoms with Crippen LogP contribution in [0.3, 0.4) is 0 Å². The molecule has 1 saturated heterocycles. The number of nitrogens with two attached hydrogens (primary N) is 1. The molecule has 1 fully saturated rings. The van der Waals surface area contributed by atoms with Crippen LogP contribution in [-0.2, 0) is 18.6 Å². The minimum absolute atomic E-state index is 0.0510. The van der Waals surface area contributed by atoms with Gasteiger partial charge in [0.15, 0.2) is 6.23 Å². The molecule has 1 heterocycles. The van der Waals surface area contributed by atoms with Crippen LogP contribution in [0.25, 0.3) is 0 Å². The fourth-order valence-corrected chi connectivity index (χ4v) is 1.84. The molecule has 116 valence electrons. The number of aliphatic imine (C=N–C) groups is 1. The van der Waals surface area contributed by atoms with Gasteiger partial charge in [0.2, 0.25) is 6.41 Å². The van der Waals surface area contributed by atoms with Crippen LogP contribution in [0.4, 0.5) is 0 Å². The molecule has 4 atom stereocenters. The van der Waals surface area contributed by atoms with Gasteiger partial charge in [-0.2, -0.15) is 0 Å². The summed E-state index contributed by atoms with van der Waals surface area (Å²) in [5.74, 6) is -0.0510. The number of aliphatic hydroxyl groups is 2. The highest BCUT2D eigenvalue weighted by Gasteiger charge is 2.43. The van der Waals surface area contributed by atoms with E-state index >= 15 is 0 Å². The number of carbonyl (C=O) groups is 1. The minimum atomic E-state index is -4.71. The summed E-state index contributed by atoms with van der Waals surface area (Å²) in [6.07, 6.45) is -4.86. The Morgan fingerprint density at radius 1 is 1.45 bits per heavy atom. The van der Waals surface area contributed by atoms with Gasteiger partial charge < -0.3 is 35.8 Å². The summed E-state index contributed by atoms with van der Waals surface area (Å²) in [4.78, 5) is 30.9. The highest BCUT2D eigenvalue weighted by molar-refractivity contribution is 7.46. The predicted molar refractivity (Wildman–Crippen MR) is 64.4 cm³/mol. The lowest BCUT2D eigenvalue weighted by molar-refractivity contribution is -0.109. The van der Waals surface area contributed by atoms with Crippen molar-refractivity contribution in [3.8, 4) is 0 Å². The zero-order chi connectivity index (χ0) is 15.3. The van der Waals surface area contributed by atoms with E-state index < -0.39 is 39.0 Å². The molecule has 0 aromatic heterocycles. The summed E-state index contributed by atoms with van der Waals surface area (Å²) in [5.41, 5.74) is 5.44. The number of nitrogens with zero attached hydrogens (tertiary/aromatic N) is 1. The lowest BCUT2D eigenvalue weighted by Crippen LogP contribution is -2.35. The van der Waals surface area contributed by atoms with E-state index in [1.807, 2.05) is 0 Å². The first-order valence-electron chi connectivity index (χ1n) is 5.45. The number of ether oxygens (including phenoxy) is 1. The monoisotopic (exact) mass is 313 g/mol. The van der Waals surface area contributed by atoms with E-state index in [1.54, 1.807) is 0 Å². The summed E-state index contributed by atoms with van der Waals surface area (Å²) < 4.78 is 19.8. The van der Waals surface area contributed by atoms with Crippen molar-refractivity contribution in [2.24, 2.45) is 10.7 Å². The van der Waals surface area contributed by atoms with E-state index in [4.69, 9.17) is 20.3 Å². The number of rotatable bonds is 7. The molecule has 0 aliphatic carbocycles. The molecule has 1 aliphatic rings. The number of amidine groups is 1. The summed E-state index contributed by atoms with van der Waals surface area (Å²) >= 11 is 0. The number of hydrogen-bond donors (Lipinski definition) is 6. The third kappa shape index (κ3) is 5.13. The molecule has 11 nitrogen and oxygen atoms in total. The number of aliphatic hydroxyl groups excluding tert-OH is 2. The van der Waals surface area contributed by atoms with Gasteiger partial charge in [0, 0.05) is 0 Å². The molecular formula is C8H16N3O8P. The summed E-state index contributed by atoms with van der Waals surface area (Å²) in [6, 6.07) is 0. The molecule has 0 spiro atoms. The molecule has 1 amide bonds. The molecular weight excluding hydrogens is 297 g/mol. The number of hydrogen-bond acceptors (Lipinski definition) is 7. The molecule has 7 N–H and O–H groups in total. The first kappa shape index (κ1) is 17.0. The van der Waals surface area contributed by atoms with E-state index in [2.05, 4.69) is 14.8 Å². The van der Waals surface area contributed by atoms with Crippen LogP contribution in [0, 0.1) is 0 Å². The number of phosphoric ester groups is 1. The van der Waals surface area contributed by atoms with Gasteiger partial charge in [-0.05, 0) is 0 Å². The van der Waals surface area contributed by atoms with Gasteiger partial charge in [-0.1, -0.05) is 0 Å². The number of phosphoric acid groups is 1. The average Bonchev–Trinajstić information content (AvgIpc) is 2.61. The molecule has 1 rings (SSSR count). The molecule has 0 saturated carbocycles. The van der Waals surface area contributed by atoms with Crippen LogP contribution in [0.1, 0.15) is 0 Å². The van der Waals surface area contributed by atoms with Crippen LogP contribution in [0.15, 0.2) is 4.99 Å². The molecule has 1 aliphatic heterocycles. The molecule has 0 unspecified atom stereocenters. The number of amides is 1. The second-order valence-corrected chi connectivity index (χ2v) is 5.19. The second-order valence-electron chi connectivity index (χ2n) is 3.95. The van der Waals surface area contributed by atoms with Gasteiger partial charge in [0.25, 0.3) is 0 Å². The van der Waals surface area contributed by atoms with Crippen molar-refractivity contribution in [2.45, 2.75) is 24.5 Å².